The van der Waals surface area contributed by atoms with Gasteiger partial charge in [-0.3, -0.25) is 9.69 Å². The third kappa shape index (κ3) is 2.38. The Morgan fingerprint density at radius 1 is 1.67 bits per heavy atom. The molecular formula is C8H16N2OS. The van der Waals surface area contributed by atoms with Crippen molar-refractivity contribution in [3.63, 3.8) is 0 Å². The average Bonchev–Trinajstić information content (AvgIpc) is 1.98. The molecule has 1 heterocycles. The highest BCUT2D eigenvalue weighted by atomic mass is 32.2. The van der Waals surface area contributed by atoms with E-state index in [1.165, 1.54) is 0 Å². The summed E-state index contributed by atoms with van der Waals surface area (Å²) in [6, 6.07) is 0.469. The van der Waals surface area contributed by atoms with Crippen LogP contribution in [-0.4, -0.2) is 40.9 Å². The summed E-state index contributed by atoms with van der Waals surface area (Å²) >= 11 is 1.96. The quantitative estimate of drug-likeness (QED) is 0.678. The second-order valence-electron chi connectivity index (χ2n) is 3.25. The maximum absolute atomic E-state index is 10.7. The Hall–Kier alpha value is -0.220. The molecule has 1 amide bonds. The monoisotopic (exact) mass is 188 g/mol. The lowest BCUT2D eigenvalue weighted by Crippen LogP contribution is -2.48. The molecule has 1 saturated heterocycles. The van der Waals surface area contributed by atoms with Crippen LogP contribution in [0.4, 0.5) is 0 Å². The fourth-order valence-corrected chi connectivity index (χ4v) is 2.58. The van der Waals surface area contributed by atoms with Gasteiger partial charge in [0.25, 0.3) is 0 Å². The highest BCUT2D eigenvalue weighted by Gasteiger charge is 2.25. The van der Waals surface area contributed by atoms with Gasteiger partial charge in [0.05, 0.1) is 6.54 Å². The van der Waals surface area contributed by atoms with Gasteiger partial charge in [-0.05, 0) is 6.92 Å². The van der Waals surface area contributed by atoms with Gasteiger partial charge in [0, 0.05) is 23.6 Å². The average molecular weight is 188 g/mol. The SMILES string of the molecule is CC1SCCN(CC(N)=O)C1C. The lowest BCUT2D eigenvalue weighted by Gasteiger charge is -2.36. The molecule has 4 heteroatoms. The van der Waals surface area contributed by atoms with Crippen LogP contribution in [0.2, 0.25) is 0 Å². The topological polar surface area (TPSA) is 46.3 Å². The smallest absolute Gasteiger partial charge is 0.231 e. The van der Waals surface area contributed by atoms with Crippen molar-refractivity contribution in [2.24, 2.45) is 5.73 Å². The van der Waals surface area contributed by atoms with Gasteiger partial charge in [0.15, 0.2) is 0 Å². The molecule has 2 unspecified atom stereocenters. The molecule has 0 bridgehead atoms. The highest BCUT2D eigenvalue weighted by molar-refractivity contribution is 8.00. The normalized spacial score (nSPS) is 31.8. The zero-order valence-electron chi connectivity index (χ0n) is 7.62. The van der Waals surface area contributed by atoms with Crippen LogP contribution in [0.25, 0.3) is 0 Å². The number of hydrogen-bond donors (Lipinski definition) is 1. The summed E-state index contributed by atoms with van der Waals surface area (Å²) in [4.78, 5) is 12.8. The van der Waals surface area contributed by atoms with Gasteiger partial charge in [-0.2, -0.15) is 11.8 Å². The van der Waals surface area contributed by atoms with Crippen molar-refractivity contribution in [1.82, 2.24) is 4.90 Å². The van der Waals surface area contributed by atoms with Gasteiger partial charge < -0.3 is 5.73 Å². The molecule has 12 heavy (non-hydrogen) atoms. The molecule has 0 aliphatic carbocycles. The van der Waals surface area contributed by atoms with E-state index in [2.05, 4.69) is 18.7 Å². The molecule has 0 aromatic rings. The fraction of sp³-hybridized carbons (Fsp3) is 0.875. The summed E-state index contributed by atoms with van der Waals surface area (Å²) in [5, 5.41) is 0.609. The van der Waals surface area contributed by atoms with Gasteiger partial charge in [0.1, 0.15) is 0 Å². The van der Waals surface area contributed by atoms with Gasteiger partial charge in [-0.25, -0.2) is 0 Å². The number of thioether (sulfide) groups is 1. The van der Waals surface area contributed by atoms with Crippen LogP contribution in [0.3, 0.4) is 0 Å². The molecule has 0 aromatic heterocycles. The van der Waals surface area contributed by atoms with Crippen LogP contribution in [0, 0.1) is 0 Å². The number of amides is 1. The first-order valence-corrected chi connectivity index (χ1v) is 5.30. The van der Waals surface area contributed by atoms with E-state index < -0.39 is 0 Å². The van der Waals surface area contributed by atoms with Crippen molar-refractivity contribution >= 4 is 17.7 Å². The Balaban J connectivity index is 2.46. The largest absolute Gasteiger partial charge is 0.369 e. The summed E-state index contributed by atoms with van der Waals surface area (Å²) in [6.45, 7) is 5.74. The maximum atomic E-state index is 10.7. The molecule has 0 saturated carbocycles. The summed E-state index contributed by atoms with van der Waals surface area (Å²) < 4.78 is 0. The van der Waals surface area contributed by atoms with Gasteiger partial charge >= 0.3 is 0 Å². The number of carbonyl (C=O) groups excluding carboxylic acids is 1. The molecule has 1 aliphatic heterocycles. The van der Waals surface area contributed by atoms with E-state index in [0.29, 0.717) is 17.8 Å². The number of primary amides is 1. The Labute approximate surface area is 77.7 Å². The molecule has 2 atom stereocenters. The maximum Gasteiger partial charge on any atom is 0.231 e. The predicted octanol–water partition coefficient (Wildman–Crippen LogP) is 0.297. The van der Waals surface area contributed by atoms with Crippen LogP contribution >= 0.6 is 11.8 Å². The molecular weight excluding hydrogens is 172 g/mol. The summed E-state index contributed by atoms with van der Waals surface area (Å²) in [5.41, 5.74) is 5.14. The minimum Gasteiger partial charge on any atom is -0.369 e. The first-order valence-electron chi connectivity index (χ1n) is 4.25. The zero-order chi connectivity index (χ0) is 9.14. The van der Waals surface area contributed by atoms with Crippen molar-refractivity contribution in [3.05, 3.63) is 0 Å². The molecule has 1 aliphatic rings. The Kier molecular flexibility index (Phi) is 3.40. The molecule has 0 spiro atoms. The van der Waals surface area contributed by atoms with E-state index in [-0.39, 0.29) is 5.91 Å². The minimum atomic E-state index is -0.221. The second-order valence-corrected chi connectivity index (χ2v) is 4.74. The van der Waals surface area contributed by atoms with Crippen molar-refractivity contribution < 1.29 is 4.79 Å². The first-order chi connectivity index (χ1) is 5.61. The standard InChI is InChI=1S/C8H16N2OS/c1-6-7(2)12-4-3-10(6)5-8(9)11/h6-7H,3-5H2,1-2H3,(H2,9,11). The van der Waals surface area contributed by atoms with E-state index in [1.54, 1.807) is 0 Å². The van der Waals surface area contributed by atoms with Gasteiger partial charge in [-0.1, -0.05) is 6.92 Å². The predicted molar refractivity (Wildman–Crippen MR) is 52.1 cm³/mol. The van der Waals surface area contributed by atoms with Crippen molar-refractivity contribution in [1.29, 1.82) is 0 Å². The third-order valence-corrected chi connectivity index (χ3v) is 3.71. The van der Waals surface area contributed by atoms with Crippen LogP contribution in [0.1, 0.15) is 13.8 Å². The van der Waals surface area contributed by atoms with Crippen LogP contribution < -0.4 is 5.73 Å². The second kappa shape index (κ2) is 4.14. The minimum absolute atomic E-state index is 0.221. The molecule has 1 fully saturated rings. The number of hydrogen-bond acceptors (Lipinski definition) is 3. The molecule has 3 nitrogen and oxygen atoms in total. The van der Waals surface area contributed by atoms with E-state index in [9.17, 15) is 4.79 Å². The van der Waals surface area contributed by atoms with Crippen LogP contribution in [-0.2, 0) is 4.79 Å². The van der Waals surface area contributed by atoms with Crippen molar-refractivity contribution in [3.8, 4) is 0 Å². The van der Waals surface area contributed by atoms with E-state index in [1.807, 2.05) is 11.8 Å². The molecule has 2 N–H and O–H groups in total. The first kappa shape index (κ1) is 9.86. The Morgan fingerprint density at radius 2 is 2.33 bits per heavy atom. The molecule has 70 valence electrons. The van der Waals surface area contributed by atoms with E-state index >= 15 is 0 Å². The number of nitrogens with zero attached hydrogens (tertiary/aromatic N) is 1. The lowest BCUT2D eigenvalue weighted by molar-refractivity contribution is -0.119. The molecule has 0 radical (unpaired) electrons. The zero-order valence-corrected chi connectivity index (χ0v) is 8.43. The van der Waals surface area contributed by atoms with Crippen LogP contribution in [0.5, 0.6) is 0 Å². The van der Waals surface area contributed by atoms with Gasteiger partial charge in [-0.15, -0.1) is 0 Å². The molecule has 0 aromatic carbocycles. The number of nitrogens with two attached hydrogens (primary N) is 1. The summed E-state index contributed by atoms with van der Waals surface area (Å²) in [6.07, 6.45) is 0. The number of rotatable bonds is 2. The third-order valence-electron chi connectivity index (χ3n) is 2.37. The van der Waals surface area contributed by atoms with Crippen molar-refractivity contribution in [2.45, 2.75) is 25.1 Å². The van der Waals surface area contributed by atoms with E-state index in [0.717, 1.165) is 12.3 Å². The molecule has 1 rings (SSSR count). The lowest BCUT2D eigenvalue weighted by atomic mass is 10.2. The Bertz CT molecular complexity index is 174. The van der Waals surface area contributed by atoms with Crippen molar-refractivity contribution in [2.75, 3.05) is 18.8 Å². The highest BCUT2D eigenvalue weighted by Crippen LogP contribution is 2.23. The fourth-order valence-electron chi connectivity index (χ4n) is 1.42. The van der Waals surface area contributed by atoms with E-state index in [4.69, 9.17) is 5.73 Å². The van der Waals surface area contributed by atoms with Gasteiger partial charge in [0.2, 0.25) is 5.91 Å². The number of carbonyl (C=O) groups is 1. The summed E-state index contributed by atoms with van der Waals surface area (Å²) in [5.74, 6) is 0.889. The van der Waals surface area contributed by atoms with Crippen LogP contribution in [0.15, 0.2) is 0 Å². The summed E-state index contributed by atoms with van der Waals surface area (Å²) in [7, 11) is 0. The Morgan fingerprint density at radius 3 is 2.92 bits per heavy atom.